The number of hydrogen-bond donors (Lipinski definition) is 0. The van der Waals surface area contributed by atoms with E-state index in [9.17, 15) is 0 Å². The van der Waals surface area contributed by atoms with Crippen LogP contribution in [-0.4, -0.2) is 0 Å². The van der Waals surface area contributed by atoms with E-state index in [1.807, 2.05) is 45.9 Å². The van der Waals surface area contributed by atoms with Gasteiger partial charge in [-0.05, 0) is 25.5 Å². The number of benzene rings is 1. The minimum Gasteiger partial charge on any atom is -0.192 e. The average Bonchev–Trinajstić information content (AvgIpc) is 2.08. The molecule has 0 unspecified atom stereocenters. The normalized spacial score (nSPS) is 7.92. The Labute approximate surface area is 74.7 Å². The van der Waals surface area contributed by atoms with E-state index in [2.05, 4.69) is 6.07 Å². The van der Waals surface area contributed by atoms with Crippen LogP contribution < -0.4 is 0 Å². The first-order chi connectivity index (χ1) is 5.74. The summed E-state index contributed by atoms with van der Waals surface area (Å²) in [5, 5.41) is 8.56. The molecule has 0 amide bonds. The molecular weight excluding hydrogens is 146 g/mol. The van der Waals surface area contributed by atoms with Crippen molar-refractivity contribution in [2.45, 2.75) is 27.7 Å². The molecule has 0 saturated heterocycles. The van der Waals surface area contributed by atoms with Crippen molar-refractivity contribution < 1.29 is 0 Å². The second kappa shape index (κ2) is 5.37. The largest absolute Gasteiger partial charge is 0.192 e. The van der Waals surface area contributed by atoms with Gasteiger partial charge in [0.1, 0.15) is 0 Å². The highest BCUT2D eigenvalue weighted by molar-refractivity contribution is 5.38. The number of hydrogen-bond acceptors (Lipinski definition) is 1. The fourth-order valence-electron chi connectivity index (χ4n) is 0.939. The molecule has 0 N–H and O–H groups in total. The van der Waals surface area contributed by atoms with Crippen molar-refractivity contribution in [3.8, 4) is 6.07 Å². The van der Waals surface area contributed by atoms with E-state index in [1.54, 1.807) is 0 Å². The predicted molar refractivity (Wildman–Crippen MR) is 52.0 cm³/mol. The van der Waals surface area contributed by atoms with Crippen LogP contribution in [0.2, 0.25) is 0 Å². The van der Waals surface area contributed by atoms with Crippen LogP contribution >= 0.6 is 0 Å². The van der Waals surface area contributed by atoms with Gasteiger partial charge in [-0.25, -0.2) is 0 Å². The first kappa shape index (κ1) is 10.7. The van der Waals surface area contributed by atoms with Crippen LogP contribution in [0.15, 0.2) is 18.2 Å². The summed E-state index contributed by atoms with van der Waals surface area (Å²) in [6.07, 6.45) is 0. The zero-order valence-electron chi connectivity index (χ0n) is 8.18. The molecule has 0 radical (unpaired) electrons. The molecule has 12 heavy (non-hydrogen) atoms. The lowest BCUT2D eigenvalue weighted by Crippen LogP contribution is -1.81. The number of rotatable bonds is 0. The van der Waals surface area contributed by atoms with E-state index in [-0.39, 0.29) is 0 Å². The zero-order valence-corrected chi connectivity index (χ0v) is 8.18. The molecule has 1 heteroatoms. The molecule has 1 nitrogen and oxygen atoms in total. The lowest BCUT2D eigenvalue weighted by molar-refractivity contribution is 1.34. The molecule has 0 aliphatic rings. The number of nitrogens with zero attached hydrogens (tertiary/aromatic N) is 1. The van der Waals surface area contributed by atoms with Crippen molar-refractivity contribution in [3.05, 3.63) is 34.9 Å². The van der Waals surface area contributed by atoms with Gasteiger partial charge < -0.3 is 0 Å². The van der Waals surface area contributed by atoms with E-state index >= 15 is 0 Å². The molecule has 0 atom stereocenters. The van der Waals surface area contributed by atoms with Crippen LogP contribution in [0.3, 0.4) is 0 Å². The van der Waals surface area contributed by atoms with Crippen molar-refractivity contribution in [2.75, 3.05) is 0 Å². The van der Waals surface area contributed by atoms with Crippen LogP contribution in [0.1, 0.15) is 30.5 Å². The quantitative estimate of drug-likeness (QED) is 0.573. The van der Waals surface area contributed by atoms with Crippen molar-refractivity contribution in [1.29, 1.82) is 5.26 Å². The summed E-state index contributed by atoms with van der Waals surface area (Å²) in [5.41, 5.74) is 3.03. The fraction of sp³-hybridized carbons (Fsp3) is 0.364. The Balaban J connectivity index is 0.000000561. The summed E-state index contributed by atoms with van der Waals surface area (Å²) >= 11 is 0. The highest BCUT2D eigenvalue weighted by Crippen LogP contribution is 2.08. The van der Waals surface area contributed by atoms with E-state index in [1.165, 1.54) is 5.56 Å². The van der Waals surface area contributed by atoms with Crippen molar-refractivity contribution in [2.24, 2.45) is 0 Å². The summed E-state index contributed by atoms with van der Waals surface area (Å²) in [4.78, 5) is 0. The van der Waals surface area contributed by atoms with Gasteiger partial charge in [-0.1, -0.05) is 31.5 Å². The fourth-order valence-corrected chi connectivity index (χ4v) is 0.939. The van der Waals surface area contributed by atoms with Crippen LogP contribution in [-0.2, 0) is 0 Å². The van der Waals surface area contributed by atoms with Gasteiger partial charge in [0.25, 0.3) is 0 Å². The average molecular weight is 161 g/mol. The second-order valence-electron chi connectivity index (χ2n) is 2.43. The monoisotopic (exact) mass is 161 g/mol. The lowest BCUT2D eigenvalue weighted by atomic mass is 10.1. The Kier molecular flexibility index (Phi) is 4.79. The Morgan fingerprint density at radius 1 is 1.17 bits per heavy atom. The maximum atomic E-state index is 8.56. The highest BCUT2D eigenvalue weighted by Gasteiger charge is 1.93. The third-order valence-corrected chi connectivity index (χ3v) is 1.50. The molecule has 0 bridgehead atoms. The smallest absolute Gasteiger partial charge is 0.0994 e. The molecule has 64 valence electrons. The first-order valence-electron chi connectivity index (χ1n) is 4.21. The van der Waals surface area contributed by atoms with E-state index in [0.29, 0.717) is 0 Å². The Morgan fingerprint density at radius 3 is 2.17 bits per heavy atom. The van der Waals surface area contributed by atoms with Crippen LogP contribution in [0.4, 0.5) is 0 Å². The number of aryl methyl sites for hydroxylation is 2. The van der Waals surface area contributed by atoms with E-state index in [4.69, 9.17) is 5.26 Å². The van der Waals surface area contributed by atoms with Crippen molar-refractivity contribution >= 4 is 0 Å². The molecule has 1 aromatic carbocycles. The van der Waals surface area contributed by atoms with Gasteiger partial charge in [-0.15, -0.1) is 0 Å². The van der Waals surface area contributed by atoms with Crippen molar-refractivity contribution in [3.63, 3.8) is 0 Å². The van der Waals surface area contributed by atoms with Crippen LogP contribution in [0.25, 0.3) is 0 Å². The van der Waals surface area contributed by atoms with Gasteiger partial charge in [-0.3, -0.25) is 0 Å². The van der Waals surface area contributed by atoms with Crippen molar-refractivity contribution in [1.82, 2.24) is 0 Å². The molecule has 0 spiro atoms. The lowest BCUT2D eigenvalue weighted by Gasteiger charge is -1.96. The minimum atomic E-state index is 0.769. The van der Waals surface area contributed by atoms with E-state index in [0.717, 1.165) is 11.1 Å². The molecule has 1 aromatic rings. The molecule has 1 rings (SSSR count). The summed E-state index contributed by atoms with van der Waals surface area (Å²) in [5.74, 6) is 0. The van der Waals surface area contributed by atoms with Gasteiger partial charge in [0.05, 0.1) is 11.6 Å². The first-order valence-corrected chi connectivity index (χ1v) is 4.21. The zero-order chi connectivity index (χ0) is 9.56. The molecule has 0 aromatic heterocycles. The van der Waals surface area contributed by atoms with Gasteiger partial charge >= 0.3 is 0 Å². The third-order valence-electron chi connectivity index (χ3n) is 1.50. The van der Waals surface area contributed by atoms with Gasteiger partial charge in [-0.2, -0.15) is 5.26 Å². The molecule has 0 aliphatic heterocycles. The Hall–Kier alpha value is -1.29. The topological polar surface area (TPSA) is 23.8 Å². The minimum absolute atomic E-state index is 0.769. The van der Waals surface area contributed by atoms with Crippen LogP contribution in [0, 0.1) is 25.2 Å². The second-order valence-corrected chi connectivity index (χ2v) is 2.43. The van der Waals surface area contributed by atoms with Gasteiger partial charge in [0.15, 0.2) is 0 Å². The Morgan fingerprint density at radius 2 is 1.75 bits per heavy atom. The highest BCUT2D eigenvalue weighted by atomic mass is 14.2. The summed E-state index contributed by atoms with van der Waals surface area (Å²) in [6.45, 7) is 7.97. The van der Waals surface area contributed by atoms with Gasteiger partial charge in [0.2, 0.25) is 0 Å². The summed E-state index contributed by atoms with van der Waals surface area (Å²) in [7, 11) is 0. The van der Waals surface area contributed by atoms with E-state index < -0.39 is 0 Å². The predicted octanol–water partition coefficient (Wildman–Crippen LogP) is 3.20. The maximum Gasteiger partial charge on any atom is 0.0994 e. The standard InChI is InChI=1S/C9H9N.C2H6/c1-7-3-4-9(6-10)8(2)5-7;1-2/h3-5H,1-2H3;1-2H3. The van der Waals surface area contributed by atoms with Gasteiger partial charge in [0, 0.05) is 0 Å². The molecular formula is C11H15N. The maximum absolute atomic E-state index is 8.56. The third kappa shape index (κ3) is 2.75. The molecule has 0 aliphatic carbocycles. The Bertz CT molecular complexity index is 282. The SMILES string of the molecule is CC.Cc1ccc(C#N)c(C)c1. The summed E-state index contributed by atoms with van der Waals surface area (Å²) < 4.78 is 0. The summed E-state index contributed by atoms with van der Waals surface area (Å²) in [6, 6.07) is 7.94. The molecule has 0 fully saturated rings. The molecule has 0 heterocycles. The molecule has 0 saturated carbocycles. The van der Waals surface area contributed by atoms with Crippen LogP contribution in [0.5, 0.6) is 0 Å². The number of nitriles is 1.